The number of aromatic nitrogens is 1. The number of allylic oxidation sites excluding steroid dienone is 5. The predicted octanol–water partition coefficient (Wildman–Crippen LogP) is 5.26. The van der Waals surface area contributed by atoms with Gasteiger partial charge in [0.15, 0.2) is 5.72 Å². The van der Waals surface area contributed by atoms with E-state index in [1.807, 2.05) is 45.9 Å². The van der Waals surface area contributed by atoms with Gasteiger partial charge in [-0.3, -0.25) is 33.8 Å². The molecule has 0 saturated carbocycles. The van der Waals surface area contributed by atoms with Gasteiger partial charge in [-0.15, -0.1) is 0 Å². The van der Waals surface area contributed by atoms with Gasteiger partial charge < -0.3 is 50.5 Å². The van der Waals surface area contributed by atoms with E-state index < -0.39 is 89.4 Å². The van der Waals surface area contributed by atoms with E-state index in [0.29, 0.717) is 43.4 Å². The Balaban J connectivity index is 1.35. The normalized spacial score (nSPS) is 33.1. The molecule has 1 spiro atoms. The number of aliphatic hydroxyl groups excluding tert-OH is 3. The van der Waals surface area contributed by atoms with Crippen LogP contribution in [0.25, 0.3) is 0 Å². The highest BCUT2D eigenvalue weighted by atomic mass is 16.5. The number of amides is 4. The Kier molecular flexibility index (Phi) is 23.1. The number of nitrogens with zero attached hydrogens (tertiary/aromatic N) is 1. The number of piperidine rings is 1. The van der Waals surface area contributed by atoms with Gasteiger partial charge in [-0.05, 0) is 101 Å². The fourth-order valence-corrected chi connectivity index (χ4v) is 10.7. The van der Waals surface area contributed by atoms with Gasteiger partial charge in [0.05, 0.1) is 30.3 Å². The lowest BCUT2D eigenvalue weighted by Gasteiger charge is -2.51. The smallest absolute Gasteiger partial charge is 0.325 e. The minimum Gasteiger partial charge on any atom is -0.456 e. The molecule has 77 heavy (non-hydrogen) atoms. The number of esters is 1. The molecule has 2 fully saturated rings. The van der Waals surface area contributed by atoms with Crippen molar-refractivity contribution in [1.29, 1.82) is 0 Å². The number of nitrogens with one attached hydrogen (secondary N) is 5. The molecular weight excluding hydrogens is 985 g/mol. The van der Waals surface area contributed by atoms with Crippen LogP contribution in [0.5, 0.6) is 0 Å². The van der Waals surface area contributed by atoms with E-state index in [2.05, 4.69) is 52.9 Å². The first-order valence-electron chi connectivity index (χ1n) is 27.6. The maximum Gasteiger partial charge on any atom is 0.325 e. The fraction of sp³-hybridized carbons (Fsp3) is 0.610. The van der Waals surface area contributed by atoms with E-state index in [1.54, 1.807) is 31.2 Å². The van der Waals surface area contributed by atoms with Crippen molar-refractivity contribution in [3.8, 4) is 0 Å². The predicted molar refractivity (Wildman–Crippen MR) is 293 cm³/mol. The molecule has 1 unspecified atom stereocenters. The molecule has 5 heterocycles. The number of aromatic amines is 1. The van der Waals surface area contributed by atoms with Crippen molar-refractivity contribution in [3.05, 3.63) is 106 Å². The summed E-state index contributed by atoms with van der Waals surface area (Å²) in [5, 5.41) is 44.1. The minimum absolute atomic E-state index is 0.00431. The Morgan fingerprint density at radius 3 is 2.44 bits per heavy atom. The number of rotatable bonds is 15. The van der Waals surface area contributed by atoms with E-state index >= 15 is 0 Å². The average Bonchev–Trinajstić information content (AvgIpc) is 3.38. The van der Waals surface area contributed by atoms with E-state index in [1.165, 1.54) is 37.1 Å². The van der Waals surface area contributed by atoms with Crippen molar-refractivity contribution < 1.29 is 53.6 Å². The van der Waals surface area contributed by atoms with Crippen LogP contribution in [0.15, 0.2) is 94.9 Å². The van der Waals surface area contributed by atoms with Crippen molar-refractivity contribution in [1.82, 2.24) is 31.4 Å². The second-order valence-corrected chi connectivity index (χ2v) is 22.1. The monoisotopic (exact) mass is 1070 g/mol. The van der Waals surface area contributed by atoms with Crippen molar-refractivity contribution in [2.45, 2.75) is 187 Å². The first-order valence-corrected chi connectivity index (χ1v) is 27.6. The van der Waals surface area contributed by atoms with Crippen LogP contribution >= 0.6 is 0 Å². The maximum absolute atomic E-state index is 14.5. The zero-order chi connectivity index (χ0) is 56.7. The van der Waals surface area contributed by atoms with Gasteiger partial charge in [-0.1, -0.05) is 95.9 Å². The van der Waals surface area contributed by atoms with Gasteiger partial charge >= 0.3 is 5.97 Å². The molecule has 1 aromatic rings. The second kappa shape index (κ2) is 28.7. The van der Waals surface area contributed by atoms with Crippen LogP contribution in [0.1, 0.15) is 132 Å². The number of carbonyl (C=O) groups excluding carboxylic acids is 6. The average molecular weight is 1070 g/mol. The number of pyridine rings is 1. The fourth-order valence-electron chi connectivity index (χ4n) is 10.7. The molecule has 4 aliphatic rings. The summed E-state index contributed by atoms with van der Waals surface area (Å²) in [5.74, 6) is -5.20. The molecule has 18 heteroatoms. The van der Waals surface area contributed by atoms with Crippen LogP contribution in [0.3, 0.4) is 0 Å². The number of fused-ring (bicyclic) bond motifs is 2. The Labute approximate surface area is 454 Å². The Morgan fingerprint density at radius 2 is 1.75 bits per heavy atom. The molecule has 0 aliphatic carbocycles. The van der Waals surface area contributed by atoms with Gasteiger partial charge in [0.2, 0.25) is 23.3 Å². The third-order valence-electron chi connectivity index (χ3n) is 15.9. The maximum atomic E-state index is 14.5. The largest absolute Gasteiger partial charge is 0.456 e. The number of hydrogen-bond donors (Lipinski definition) is 8. The highest BCUT2D eigenvalue weighted by molar-refractivity contribution is 5.94. The molecule has 4 amide bonds. The molecule has 4 aliphatic heterocycles. The summed E-state index contributed by atoms with van der Waals surface area (Å²) in [6, 6.07) is 0.718. The lowest BCUT2D eigenvalue weighted by atomic mass is 9.75. The molecule has 2 saturated heterocycles. The standard InChI is InChI=1S/C59H86N6O12/c1-11-42-31-39(8)59(63-54(42)71)38(7)30-37(6)50(77-59)33-48(68)35(4)20-14-12-15-21-36(5)49-25-17-13-16-24-47(67)41(10)53(70)44(28-27-40(9)66)55(72)62-52(34(2)3)56(73)61-46(32-43-22-18-26-51(69)60-43)57(74)65-29-19-23-45(64-65)58(75)76-49/h12-13,15-18,21-22,24,26,30,35,37,39,41-42,44-50,52-53,64,67-68,70H,2,11,14,19-20,23,25,27-29,31-33H2,1,3-10H3,(H,60,69)(H,61,73)(H,62,72)(H,63,71)/b15-12+,17-13+,24-16+,36-21+/t35-,37+,39-,41-,42-,44+,45?,46-,47-,48-,49-,50-,52-,53+,59-/m0/s1. The number of H-pyrrole nitrogens is 1. The molecule has 0 aromatic carbocycles. The molecule has 0 radical (unpaired) electrons. The number of aliphatic hydroxyl groups is 3. The molecule has 5 rings (SSSR count). The lowest BCUT2D eigenvalue weighted by Crippen LogP contribution is -2.64. The summed E-state index contributed by atoms with van der Waals surface area (Å²) >= 11 is 0. The Bertz CT molecular complexity index is 2480. The lowest BCUT2D eigenvalue weighted by molar-refractivity contribution is -0.179. The highest BCUT2D eigenvalue weighted by Gasteiger charge is 2.51. The van der Waals surface area contributed by atoms with Gasteiger partial charge in [-0.25, -0.2) is 5.43 Å². The molecule has 1 aromatic heterocycles. The first kappa shape index (κ1) is 62.1. The SMILES string of the molecule is C=C(C)[C@@H]1NC(=O)[C@H](CCC(C)=O)[C@H](O)[C@@H](C)[C@@H](O)/C=C/C=C/C[C@@H](/C(C)=C/C=C/CC[C@H](C)[C@@H](O)C[C@@H]2O[C@@]3(NC(=O)[C@@H](CC)C[C@@H]3C)C(C)=C[C@H]2C)OC(=O)C2CCCN(N2)C(=O)[C@H](Cc2cccc(=O)[nH]2)NC1=O. The molecule has 18 nitrogen and oxygen atoms in total. The van der Waals surface area contributed by atoms with Crippen molar-refractivity contribution in [3.63, 3.8) is 0 Å². The number of Topliss-reactive ketones (excluding diaryl/α,β-unsaturated/α-hetero) is 1. The zero-order valence-corrected chi connectivity index (χ0v) is 46.6. The van der Waals surface area contributed by atoms with E-state index in [9.17, 15) is 48.9 Å². The summed E-state index contributed by atoms with van der Waals surface area (Å²) in [5.41, 5.74) is 3.93. The second-order valence-electron chi connectivity index (χ2n) is 22.1. The molecule has 424 valence electrons. The van der Waals surface area contributed by atoms with Crippen molar-refractivity contribution in [2.75, 3.05) is 6.54 Å². The quantitative estimate of drug-likeness (QED) is 0.0634. The van der Waals surface area contributed by atoms with E-state index in [4.69, 9.17) is 9.47 Å². The van der Waals surface area contributed by atoms with Crippen LogP contribution in [-0.4, -0.2) is 122 Å². The van der Waals surface area contributed by atoms with Crippen molar-refractivity contribution >= 4 is 35.4 Å². The first-order chi connectivity index (χ1) is 36.5. The molecule has 15 atom stereocenters. The number of cyclic esters (lactones) is 1. The zero-order valence-electron chi connectivity index (χ0n) is 46.6. The van der Waals surface area contributed by atoms with E-state index in [0.717, 1.165) is 18.4 Å². The topological polar surface area (TPSA) is 266 Å². The number of ketones is 1. The van der Waals surface area contributed by atoms with E-state index in [-0.39, 0.29) is 79.3 Å². The molecule has 8 N–H and O–H groups in total. The third kappa shape index (κ3) is 16.9. The number of hydrazine groups is 1. The third-order valence-corrected chi connectivity index (χ3v) is 15.9. The van der Waals surface area contributed by atoms with Gasteiger partial charge in [0.25, 0.3) is 5.91 Å². The number of hydrogen-bond acceptors (Lipinski definition) is 13. The van der Waals surface area contributed by atoms with Gasteiger partial charge in [-0.2, -0.15) is 0 Å². The molecular formula is C59H86N6O12. The Morgan fingerprint density at radius 1 is 1.01 bits per heavy atom. The van der Waals surface area contributed by atoms with Crippen LogP contribution in [0.4, 0.5) is 0 Å². The summed E-state index contributed by atoms with van der Waals surface area (Å²) in [7, 11) is 0. The summed E-state index contributed by atoms with van der Waals surface area (Å²) in [6.07, 6.45) is 13.8. The van der Waals surface area contributed by atoms with Crippen molar-refractivity contribution in [2.24, 2.45) is 35.5 Å². The minimum atomic E-state index is -1.47. The van der Waals surface area contributed by atoms with Gasteiger partial charge in [0.1, 0.15) is 30.0 Å². The number of ether oxygens (including phenoxy) is 2. The summed E-state index contributed by atoms with van der Waals surface area (Å²) < 4.78 is 12.9. The highest BCUT2D eigenvalue weighted by Crippen LogP contribution is 2.43. The van der Waals surface area contributed by atoms with Gasteiger partial charge in [0, 0.05) is 67.7 Å². The Hall–Kier alpha value is -5.79. The van der Waals surface area contributed by atoms with Crippen LogP contribution in [0.2, 0.25) is 0 Å². The summed E-state index contributed by atoms with van der Waals surface area (Å²) in [6.45, 7) is 20.6. The number of carbonyl (C=O) groups is 6. The summed E-state index contributed by atoms with van der Waals surface area (Å²) in [4.78, 5) is 96.9. The molecule has 2 bridgehead atoms. The van der Waals surface area contributed by atoms with Crippen LogP contribution < -0.4 is 26.9 Å². The van der Waals surface area contributed by atoms with Crippen LogP contribution in [-0.2, 0) is 44.7 Å². The van der Waals surface area contributed by atoms with Crippen LogP contribution in [0, 0.1) is 35.5 Å².